The average Bonchev–Trinajstić information content (AvgIpc) is 3.22. The number of benzene rings is 1. The highest BCUT2D eigenvalue weighted by Gasteiger charge is 2.32. The minimum atomic E-state index is 0.256. The van der Waals surface area contributed by atoms with Crippen molar-refractivity contribution in [3.05, 3.63) is 47.9 Å². The fourth-order valence-electron chi connectivity index (χ4n) is 4.49. The zero-order valence-electron chi connectivity index (χ0n) is 15.5. The Hall–Kier alpha value is -2.23. The summed E-state index contributed by atoms with van der Waals surface area (Å²) >= 11 is 0. The zero-order chi connectivity index (χ0) is 17.9. The predicted molar refractivity (Wildman–Crippen MR) is 103 cm³/mol. The Morgan fingerprint density at radius 1 is 1.08 bits per heavy atom. The van der Waals surface area contributed by atoms with Crippen molar-refractivity contribution < 1.29 is 4.79 Å². The van der Waals surface area contributed by atoms with Crippen LogP contribution in [0.15, 0.2) is 36.7 Å². The summed E-state index contributed by atoms with van der Waals surface area (Å²) < 4.78 is 0. The van der Waals surface area contributed by atoms with Crippen LogP contribution in [-0.4, -0.2) is 33.9 Å². The van der Waals surface area contributed by atoms with E-state index in [0.717, 1.165) is 55.7 Å². The van der Waals surface area contributed by atoms with Crippen molar-refractivity contribution in [2.24, 2.45) is 5.92 Å². The summed E-state index contributed by atoms with van der Waals surface area (Å²) in [6.07, 6.45) is 10.2. The van der Waals surface area contributed by atoms with Crippen LogP contribution in [0, 0.1) is 12.8 Å². The van der Waals surface area contributed by atoms with Crippen LogP contribution in [-0.2, 0) is 4.79 Å². The maximum atomic E-state index is 12.9. The summed E-state index contributed by atoms with van der Waals surface area (Å²) in [6.45, 7) is 3.78. The summed E-state index contributed by atoms with van der Waals surface area (Å²) in [7, 11) is 0. The van der Waals surface area contributed by atoms with Gasteiger partial charge in [-0.3, -0.25) is 14.8 Å². The molecule has 1 amide bonds. The quantitative estimate of drug-likeness (QED) is 0.828. The summed E-state index contributed by atoms with van der Waals surface area (Å²) in [6, 6.07) is 8.44. The molecule has 4 rings (SSSR count). The molecule has 4 nitrogen and oxygen atoms in total. The summed E-state index contributed by atoms with van der Waals surface area (Å²) in [5.74, 6) is 0.901. The number of piperidine rings is 1. The Morgan fingerprint density at radius 3 is 2.69 bits per heavy atom. The van der Waals surface area contributed by atoms with Crippen LogP contribution < -0.4 is 0 Å². The maximum Gasteiger partial charge on any atom is 0.225 e. The molecule has 1 atom stereocenters. The van der Waals surface area contributed by atoms with E-state index in [-0.39, 0.29) is 11.8 Å². The van der Waals surface area contributed by atoms with Crippen LogP contribution in [0.5, 0.6) is 0 Å². The van der Waals surface area contributed by atoms with E-state index in [9.17, 15) is 4.79 Å². The van der Waals surface area contributed by atoms with E-state index in [2.05, 4.69) is 41.1 Å². The van der Waals surface area contributed by atoms with E-state index in [0.29, 0.717) is 5.91 Å². The van der Waals surface area contributed by atoms with Crippen molar-refractivity contribution in [1.29, 1.82) is 0 Å². The molecule has 1 saturated heterocycles. The van der Waals surface area contributed by atoms with Gasteiger partial charge in [0.15, 0.2) is 0 Å². The lowest BCUT2D eigenvalue weighted by Crippen LogP contribution is -2.42. The Bertz CT molecular complexity index is 782. The van der Waals surface area contributed by atoms with Crippen LogP contribution in [0.2, 0.25) is 0 Å². The molecule has 0 unspecified atom stereocenters. The molecule has 2 aliphatic rings. The number of aryl methyl sites for hydroxylation is 1. The van der Waals surface area contributed by atoms with Gasteiger partial charge in [-0.1, -0.05) is 36.6 Å². The van der Waals surface area contributed by atoms with Crippen molar-refractivity contribution in [1.82, 2.24) is 14.9 Å². The molecule has 1 aromatic heterocycles. The Balaban J connectivity index is 1.58. The van der Waals surface area contributed by atoms with Gasteiger partial charge in [0.05, 0.1) is 11.4 Å². The van der Waals surface area contributed by atoms with Gasteiger partial charge in [0.1, 0.15) is 0 Å². The molecule has 1 aliphatic heterocycles. The maximum absolute atomic E-state index is 12.9. The van der Waals surface area contributed by atoms with E-state index in [1.165, 1.54) is 18.4 Å². The fraction of sp³-hybridized carbons (Fsp3) is 0.500. The number of aromatic nitrogens is 2. The lowest BCUT2D eigenvalue weighted by Gasteiger charge is -2.34. The van der Waals surface area contributed by atoms with Crippen molar-refractivity contribution >= 4 is 5.91 Å². The number of rotatable bonds is 3. The van der Waals surface area contributed by atoms with Gasteiger partial charge >= 0.3 is 0 Å². The third kappa shape index (κ3) is 3.50. The van der Waals surface area contributed by atoms with Gasteiger partial charge in [0.25, 0.3) is 0 Å². The van der Waals surface area contributed by atoms with Crippen LogP contribution in [0.1, 0.15) is 55.7 Å². The molecule has 0 bridgehead atoms. The summed E-state index contributed by atoms with van der Waals surface area (Å²) in [5, 5.41) is 0. The number of hydrogen-bond donors (Lipinski definition) is 0. The number of carbonyl (C=O) groups excluding carboxylic acids is 1. The van der Waals surface area contributed by atoms with Crippen LogP contribution in [0.4, 0.5) is 0 Å². The molecule has 1 aromatic carbocycles. The molecule has 1 aliphatic carbocycles. The standard InChI is InChI=1S/C22H27N3O/c1-16-6-4-9-18(14-16)20-21(24-12-11-23-20)19-10-5-13-25(15-19)22(26)17-7-2-3-8-17/h4,6,9,11-12,14,17,19H,2-3,5,7-8,10,13,15H2,1H3/t19-/m1/s1. The van der Waals surface area contributed by atoms with E-state index >= 15 is 0 Å². The van der Waals surface area contributed by atoms with Gasteiger partial charge in [-0.15, -0.1) is 0 Å². The monoisotopic (exact) mass is 349 g/mol. The highest BCUT2D eigenvalue weighted by atomic mass is 16.2. The molecule has 2 heterocycles. The Labute approximate surface area is 155 Å². The molecule has 136 valence electrons. The molecule has 2 fully saturated rings. The lowest BCUT2D eigenvalue weighted by atomic mass is 9.90. The number of carbonyl (C=O) groups is 1. The largest absolute Gasteiger partial charge is 0.342 e. The second-order valence-corrected chi connectivity index (χ2v) is 7.76. The molecular formula is C22H27N3O. The van der Waals surface area contributed by atoms with Gasteiger partial charge in [-0.2, -0.15) is 0 Å². The van der Waals surface area contributed by atoms with Crippen LogP contribution in [0.25, 0.3) is 11.3 Å². The Kier molecular flexibility index (Phi) is 5.00. The first-order chi connectivity index (χ1) is 12.7. The number of likely N-dealkylation sites (tertiary alicyclic amines) is 1. The van der Waals surface area contributed by atoms with E-state index in [1.54, 1.807) is 12.4 Å². The Morgan fingerprint density at radius 2 is 1.88 bits per heavy atom. The first-order valence-electron chi connectivity index (χ1n) is 9.89. The summed E-state index contributed by atoms with van der Waals surface area (Å²) in [4.78, 5) is 24.3. The van der Waals surface area contributed by atoms with E-state index in [1.807, 2.05) is 0 Å². The summed E-state index contributed by atoms with van der Waals surface area (Å²) in [5.41, 5.74) is 4.35. The minimum Gasteiger partial charge on any atom is -0.342 e. The van der Waals surface area contributed by atoms with Gasteiger partial charge < -0.3 is 4.90 Å². The molecule has 26 heavy (non-hydrogen) atoms. The predicted octanol–water partition coefficient (Wildman–Crippen LogP) is 4.35. The third-order valence-electron chi connectivity index (χ3n) is 5.84. The molecule has 0 radical (unpaired) electrons. The smallest absolute Gasteiger partial charge is 0.225 e. The third-order valence-corrected chi connectivity index (χ3v) is 5.84. The molecule has 2 aromatic rings. The first-order valence-corrected chi connectivity index (χ1v) is 9.89. The van der Waals surface area contributed by atoms with Crippen LogP contribution in [0.3, 0.4) is 0 Å². The molecule has 4 heteroatoms. The van der Waals surface area contributed by atoms with Crippen molar-refractivity contribution in [3.63, 3.8) is 0 Å². The second kappa shape index (κ2) is 7.56. The normalized spacial score (nSPS) is 21.1. The molecule has 0 spiro atoms. The van der Waals surface area contributed by atoms with Crippen molar-refractivity contribution in [2.45, 2.75) is 51.4 Å². The van der Waals surface area contributed by atoms with Gasteiger partial charge in [-0.05, 0) is 38.7 Å². The average molecular weight is 349 g/mol. The molecule has 1 saturated carbocycles. The number of amides is 1. The number of hydrogen-bond acceptors (Lipinski definition) is 3. The number of nitrogens with zero attached hydrogens (tertiary/aromatic N) is 3. The SMILES string of the molecule is Cc1cccc(-c2nccnc2[C@@H]2CCCN(C(=O)C3CCCC3)C2)c1. The van der Waals surface area contributed by atoms with Gasteiger partial charge in [0.2, 0.25) is 5.91 Å². The fourth-order valence-corrected chi connectivity index (χ4v) is 4.49. The van der Waals surface area contributed by atoms with E-state index in [4.69, 9.17) is 4.98 Å². The first kappa shape index (κ1) is 17.2. The van der Waals surface area contributed by atoms with E-state index < -0.39 is 0 Å². The van der Waals surface area contributed by atoms with Gasteiger partial charge in [-0.25, -0.2) is 0 Å². The molecular weight excluding hydrogens is 322 g/mol. The molecule has 0 N–H and O–H groups in total. The van der Waals surface area contributed by atoms with Gasteiger partial charge in [0, 0.05) is 42.9 Å². The van der Waals surface area contributed by atoms with Crippen molar-refractivity contribution in [2.75, 3.05) is 13.1 Å². The topological polar surface area (TPSA) is 46.1 Å². The second-order valence-electron chi connectivity index (χ2n) is 7.76. The highest BCUT2D eigenvalue weighted by molar-refractivity contribution is 5.79. The minimum absolute atomic E-state index is 0.256. The van der Waals surface area contributed by atoms with Crippen LogP contribution >= 0.6 is 0 Å². The zero-order valence-corrected chi connectivity index (χ0v) is 15.5. The highest BCUT2D eigenvalue weighted by Crippen LogP contribution is 2.34. The van der Waals surface area contributed by atoms with Crippen molar-refractivity contribution in [3.8, 4) is 11.3 Å². The lowest BCUT2D eigenvalue weighted by molar-refractivity contribution is -0.136.